The molecule has 1 atom stereocenters. The third-order valence-electron chi connectivity index (χ3n) is 6.85. The van der Waals surface area contributed by atoms with Crippen LogP contribution in [0.2, 0.25) is 5.02 Å². The molecular formula is C32H31ClFN3O5S. The minimum absolute atomic E-state index is 0.0532. The first kappa shape index (κ1) is 31.5. The minimum atomic E-state index is -4.30. The average Bonchev–Trinajstić information content (AvgIpc) is 3.02. The summed E-state index contributed by atoms with van der Waals surface area (Å²) in [5.41, 5.74) is 1.04. The van der Waals surface area contributed by atoms with Gasteiger partial charge >= 0.3 is 0 Å². The molecule has 224 valence electrons. The second-order valence-corrected chi connectivity index (χ2v) is 11.8. The number of ether oxygens (including phenoxy) is 1. The largest absolute Gasteiger partial charge is 0.495 e. The summed E-state index contributed by atoms with van der Waals surface area (Å²) in [5.74, 6) is -1.46. The maximum Gasteiger partial charge on any atom is 0.264 e. The number of hydrogen-bond donors (Lipinski definition) is 1. The summed E-state index contributed by atoms with van der Waals surface area (Å²) in [6.07, 6.45) is 0.112. The SMILES string of the molecule is CNC(=O)[C@@H](Cc1ccccc1)N(Cc1ccccc1F)C(=O)CN(c1ccc(OC)c(Cl)c1)S(=O)(=O)c1ccccc1. The quantitative estimate of drug-likeness (QED) is 0.238. The van der Waals surface area contributed by atoms with Crippen LogP contribution in [0.4, 0.5) is 10.1 Å². The molecule has 0 spiro atoms. The van der Waals surface area contributed by atoms with Crippen LogP contribution in [0.1, 0.15) is 11.1 Å². The van der Waals surface area contributed by atoms with Crippen molar-refractivity contribution in [1.29, 1.82) is 0 Å². The van der Waals surface area contributed by atoms with Crippen molar-refractivity contribution in [3.63, 3.8) is 0 Å². The van der Waals surface area contributed by atoms with Crippen LogP contribution in [-0.4, -0.2) is 51.9 Å². The van der Waals surface area contributed by atoms with E-state index in [2.05, 4.69) is 5.32 Å². The molecule has 0 aliphatic carbocycles. The average molecular weight is 624 g/mol. The van der Waals surface area contributed by atoms with Gasteiger partial charge < -0.3 is 15.0 Å². The van der Waals surface area contributed by atoms with Gasteiger partial charge in [0, 0.05) is 25.6 Å². The Labute approximate surface area is 255 Å². The van der Waals surface area contributed by atoms with Gasteiger partial charge in [0.15, 0.2) is 0 Å². The lowest BCUT2D eigenvalue weighted by molar-refractivity contribution is -0.139. The van der Waals surface area contributed by atoms with Gasteiger partial charge in [-0.05, 0) is 42.0 Å². The second-order valence-electron chi connectivity index (χ2n) is 9.58. The molecule has 0 aliphatic heterocycles. The molecule has 0 bridgehead atoms. The first-order valence-corrected chi connectivity index (χ1v) is 15.2. The van der Waals surface area contributed by atoms with E-state index in [-0.39, 0.29) is 34.1 Å². The molecule has 0 heterocycles. The first-order chi connectivity index (χ1) is 20.6. The van der Waals surface area contributed by atoms with Crippen molar-refractivity contribution < 1.29 is 27.1 Å². The number of rotatable bonds is 12. The van der Waals surface area contributed by atoms with Gasteiger partial charge in [-0.1, -0.05) is 78.3 Å². The van der Waals surface area contributed by atoms with E-state index in [0.717, 1.165) is 9.87 Å². The van der Waals surface area contributed by atoms with Gasteiger partial charge in [-0.3, -0.25) is 13.9 Å². The molecule has 0 aliphatic rings. The monoisotopic (exact) mass is 623 g/mol. The Morgan fingerprint density at radius 3 is 2.16 bits per heavy atom. The molecule has 0 radical (unpaired) electrons. The van der Waals surface area contributed by atoms with E-state index in [4.69, 9.17) is 16.3 Å². The number of nitrogens with zero attached hydrogens (tertiary/aromatic N) is 2. The van der Waals surface area contributed by atoms with Crippen LogP contribution >= 0.6 is 11.6 Å². The summed E-state index contributed by atoms with van der Waals surface area (Å²) in [6.45, 7) is -0.977. The normalized spacial score (nSPS) is 11.8. The van der Waals surface area contributed by atoms with Crippen molar-refractivity contribution in [3.8, 4) is 5.75 Å². The summed E-state index contributed by atoms with van der Waals surface area (Å²) in [6, 6.07) is 25.9. The van der Waals surface area contributed by atoms with Gasteiger partial charge in [-0.25, -0.2) is 12.8 Å². The van der Waals surface area contributed by atoms with E-state index >= 15 is 0 Å². The highest BCUT2D eigenvalue weighted by Crippen LogP contribution is 2.32. The molecule has 43 heavy (non-hydrogen) atoms. The van der Waals surface area contributed by atoms with Crippen LogP contribution in [0.3, 0.4) is 0 Å². The van der Waals surface area contributed by atoms with E-state index < -0.39 is 40.2 Å². The van der Waals surface area contributed by atoms with Crippen molar-refractivity contribution in [2.45, 2.75) is 23.9 Å². The minimum Gasteiger partial charge on any atom is -0.495 e. The zero-order valence-corrected chi connectivity index (χ0v) is 25.2. The summed E-state index contributed by atoms with van der Waals surface area (Å²) >= 11 is 6.36. The standard InChI is InChI=1S/C32H31ClFN3O5S/c1-35-32(39)29(19-23-11-5-3-6-12-23)36(21-24-13-9-10-16-28(24)34)31(38)22-37(25-17-18-30(42-2)27(33)20-25)43(40,41)26-14-7-4-8-15-26/h3-18,20,29H,19,21-22H2,1-2H3,(H,35,39)/t29-/m1/s1. The number of likely N-dealkylation sites (N-methyl/N-ethyl adjacent to an activating group) is 1. The molecule has 2 amide bonds. The zero-order chi connectivity index (χ0) is 31.0. The number of carbonyl (C=O) groups excluding carboxylic acids is 2. The lowest BCUT2D eigenvalue weighted by Gasteiger charge is -2.33. The highest BCUT2D eigenvalue weighted by Gasteiger charge is 2.34. The third kappa shape index (κ3) is 7.52. The number of hydrogen-bond acceptors (Lipinski definition) is 5. The Kier molecular flexibility index (Phi) is 10.4. The summed E-state index contributed by atoms with van der Waals surface area (Å²) in [7, 11) is -1.43. The predicted octanol–water partition coefficient (Wildman–Crippen LogP) is 5.07. The van der Waals surface area contributed by atoms with Crippen LogP contribution < -0.4 is 14.4 Å². The van der Waals surface area contributed by atoms with Gasteiger partial charge in [0.1, 0.15) is 24.2 Å². The van der Waals surface area contributed by atoms with Gasteiger partial charge in [-0.15, -0.1) is 0 Å². The predicted molar refractivity (Wildman–Crippen MR) is 164 cm³/mol. The van der Waals surface area contributed by atoms with E-state index in [0.29, 0.717) is 5.75 Å². The number of anilines is 1. The first-order valence-electron chi connectivity index (χ1n) is 13.4. The van der Waals surface area contributed by atoms with Crippen molar-refractivity contribution in [1.82, 2.24) is 10.2 Å². The summed E-state index contributed by atoms with van der Waals surface area (Å²) in [5, 5.41) is 2.73. The Hall–Kier alpha value is -4.41. The molecule has 1 N–H and O–H groups in total. The van der Waals surface area contributed by atoms with E-state index in [9.17, 15) is 22.4 Å². The van der Waals surface area contributed by atoms with E-state index in [1.54, 1.807) is 36.4 Å². The van der Waals surface area contributed by atoms with Crippen molar-refractivity contribution in [2.24, 2.45) is 0 Å². The maximum atomic E-state index is 14.9. The second kappa shape index (κ2) is 14.2. The molecule has 11 heteroatoms. The van der Waals surface area contributed by atoms with E-state index in [1.165, 1.54) is 67.6 Å². The molecule has 0 saturated heterocycles. The number of benzene rings is 4. The van der Waals surface area contributed by atoms with Crippen molar-refractivity contribution in [2.75, 3.05) is 25.0 Å². The fourth-order valence-electron chi connectivity index (χ4n) is 4.59. The molecule has 4 aromatic carbocycles. The Bertz CT molecular complexity index is 1670. The van der Waals surface area contributed by atoms with E-state index in [1.807, 2.05) is 18.2 Å². The molecule has 4 aromatic rings. The molecule has 0 unspecified atom stereocenters. The Morgan fingerprint density at radius 2 is 1.56 bits per heavy atom. The van der Waals surface area contributed by atoms with Crippen molar-refractivity contribution in [3.05, 3.63) is 125 Å². The summed E-state index contributed by atoms with van der Waals surface area (Å²) in [4.78, 5) is 28.7. The van der Waals surface area contributed by atoms with Gasteiger partial charge in [0.25, 0.3) is 10.0 Å². The molecule has 0 aromatic heterocycles. The fourth-order valence-corrected chi connectivity index (χ4v) is 6.27. The van der Waals surface area contributed by atoms with Crippen LogP contribution in [0.15, 0.2) is 108 Å². The lowest BCUT2D eigenvalue weighted by atomic mass is 10.0. The number of carbonyl (C=O) groups is 2. The molecular weight excluding hydrogens is 593 g/mol. The third-order valence-corrected chi connectivity index (χ3v) is 8.93. The molecule has 0 fully saturated rings. The number of methoxy groups -OCH3 is 1. The number of sulfonamides is 1. The molecule has 8 nitrogen and oxygen atoms in total. The number of amides is 2. The molecule has 0 saturated carbocycles. The summed E-state index contributed by atoms with van der Waals surface area (Å²) < 4.78 is 48.9. The van der Waals surface area contributed by atoms with Crippen molar-refractivity contribution >= 4 is 39.1 Å². The maximum absolute atomic E-state index is 14.9. The molecule has 4 rings (SSSR count). The highest BCUT2D eigenvalue weighted by molar-refractivity contribution is 7.92. The van der Waals surface area contributed by atoms with Gasteiger partial charge in [-0.2, -0.15) is 0 Å². The van der Waals surface area contributed by atoms with Gasteiger partial charge in [0.05, 0.1) is 22.7 Å². The van der Waals surface area contributed by atoms with Gasteiger partial charge in [0.2, 0.25) is 11.8 Å². The smallest absolute Gasteiger partial charge is 0.264 e. The Morgan fingerprint density at radius 1 is 0.930 bits per heavy atom. The van der Waals surface area contributed by atoms with Crippen LogP contribution in [0.5, 0.6) is 5.75 Å². The highest BCUT2D eigenvalue weighted by atomic mass is 35.5. The lowest BCUT2D eigenvalue weighted by Crippen LogP contribution is -2.53. The fraction of sp³-hybridized carbons (Fsp3) is 0.188. The topological polar surface area (TPSA) is 96.0 Å². The Balaban J connectivity index is 1.81. The van der Waals surface area contributed by atoms with Crippen LogP contribution in [-0.2, 0) is 32.6 Å². The van der Waals surface area contributed by atoms with Crippen LogP contribution in [0.25, 0.3) is 0 Å². The number of nitrogens with one attached hydrogen (secondary N) is 1. The number of halogens is 2. The zero-order valence-electron chi connectivity index (χ0n) is 23.6. The van der Waals surface area contributed by atoms with Crippen LogP contribution in [0, 0.1) is 5.82 Å².